The van der Waals surface area contributed by atoms with Crippen LogP contribution in [0.3, 0.4) is 0 Å². The van der Waals surface area contributed by atoms with Crippen molar-refractivity contribution in [1.82, 2.24) is 19.8 Å². The molecule has 218 valence electrons. The molecule has 0 spiro atoms. The molecule has 1 aromatic heterocycles. The van der Waals surface area contributed by atoms with Gasteiger partial charge in [0.15, 0.2) is 5.82 Å². The van der Waals surface area contributed by atoms with Crippen LogP contribution in [-0.2, 0) is 4.79 Å². The molecule has 2 fully saturated rings. The molecule has 2 atom stereocenters. The quantitative estimate of drug-likeness (QED) is 0.317. The summed E-state index contributed by atoms with van der Waals surface area (Å²) < 4.78 is 16.8. The van der Waals surface area contributed by atoms with Crippen LogP contribution in [0, 0.1) is 5.82 Å². The van der Waals surface area contributed by atoms with E-state index in [-0.39, 0.29) is 39.8 Å². The van der Waals surface area contributed by atoms with Crippen molar-refractivity contribution in [1.29, 1.82) is 0 Å². The number of fused-ring (bicyclic) bond motifs is 2. The molecule has 0 aliphatic carbocycles. The zero-order valence-electron chi connectivity index (χ0n) is 24.2. The largest absolute Gasteiger partial charge is 0.507 e. The number of carbonyl (C=O) groups excluding carboxylic acids is 1. The van der Waals surface area contributed by atoms with Gasteiger partial charge in [-0.1, -0.05) is 48.5 Å². The monoisotopic (exact) mass is 588 g/mol. The van der Waals surface area contributed by atoms with E-state index in [0.717, 1.165) is 18.5 Å². The number of hydrogen-bond donors (Lipinski definition) is 1. The van der Waals surface area contributed by atoms with Crippen LogP contribution in [0.2, 0.25) is 5.02 Å². The molecular formula is C32H34ClFN6O2. The Morgan fingerprint density at radius 3 is 2.50 bits per heavy atom. The number of piperazine rings is 1. The number of benzene rings is 3. The van der Waals surface area contributed by atoms with Gasteiger partial charge in [-0.15, -0.1) is 0 Å². The molecule has 0 unspecified atom stereocenters. The Morgan fingerprint density at radius 2 is 1.79 bits per heavy atom. The highest BCUT2D eigenvalue weighted by atomic mass is 35.5. The molecule has 8 nitrogen and oxygen atoms in total. The Hall–Kier alpha value is -3.95. The Morgan fingerprint density at radius 1 is 1.05 bits per heavy atom. The Balaban J connectivity index is 1.55. The lowest BCUT2D eigenvalue weighted by atomic mass is 9.95. The van der Waals surface area contributed by atoms with Crippen molar-refractivity contribution in [2.45, 2.75) is 32.0 Å². The summed E-state index contributed by atoms with van der Waals surface area (Å²) in [6.45, 7) is 10.1. The van der Waals surface area contributed by atoms with Crippen LogP contribution in [0.4, 0.5) is 16.2 Å². The summed E-state index contributed by atoms with van der Waals surface area (Å²) in [6.07, 6.45) is 1.33. The van der Waals surface area contributed by atoms with Crippen LogP contribution in [0.5, 0.6) is 5.75 Å². The third kappa shape index (κ3) is 4.61. The number of aromatic hydroxyl groups is 1. The lowest BCUT2D eigenvalue weighted by molar-refractivity contribution is -0.128. The first-order valence-corrected chi connectivity index (χ1v) is 14.5. The highest BCUT2D eigenvalue weighted by molar-refractivity contribution is 6.35. The van der Waals surface area contributed by atoms with E-state index in [1.54, 1.807) is 23.1 Å². The minimum absolute atomic E-state index is 0.0645. The Labute approximate surface area is 249 Å². The lowest BCUT2D eigenvalue weighted by Gasteiger charge is -2.45. The SMILES string of the molecule is C=CC(=O)N1C[C@H](C)N(c2nc(N3CC(N(C)C)C3)nc3c(F)c(-c4c(O)ccc5ccccc45)c(Cl)cc23)C[C@H]1C. The van der Waals surface area contributed by atoms with Crippen LogP contribution in [0.1, 0.15) is 13.8 Å². The summed E-state index contributed by atoms with van der Waals surface area (Å²) in [4.78, 5) is 30.4. The summed E-state index contributed by atoms with van der Waals surface area (Å²) in [5, 5.41) is 13.1. The fraction of sp³-hybridized carbons (Fsp3) is 0.344. The molecule has 10 heteroatoms. The Bertz CT molecular complexity index is 1720. The van der Waals surface area contributed by atoms with Gasteiger partial charge in [0.2, 0.25) is 11.9 Å². The van der Waals surface area contributed by atoms with Crippen molar-refractivity contribution in [3.8, 4) is 16.9 Å². The molecule has 0 saturated carbocycles. The maximum atomic E-state index is 16.8. The molecule has 3 aromatic carbocycles. The number of phenolic OH excluding ortho intramolecular Hbond substituents is 1. The second-order valence-corrected chi connectivity index (χ2v) is 11.9. The van der Waals surface area contributed by atoms with Gasteiger partial charge in [-0.2, -0.15) is 4.98 Å². The van der Waals surface area contributed by atoms with Gasteiger partial charge >= 0.3 is 0 Å². The van der Waals surface area contributed by atoms with Crippen LogP contribution in [-0.4, -0.2) is 89.2 Å². The summed E-state index contributed by atoms with van der Waals surface area (Å²) in [5.74, 6) is 0.216. The maximum absolute atomic E-state index is 16.8. The number of amides is 1. The van der Waals surface area contributed by atoms with E-state index < -0.39 is 5.82 Å². The standard InChI is InChI=1S/C32H34ClFN6O2/c1-6-26(42)39-14-19(3)40(15-18(39)2)31-23-13-24(33)28(27-22-10-8-7-9-20(22)11-12-25(27)41)29(34)30(23)35-32(36-31)38-16-21(17-38)37(4)5/h6-13,18-19,21,41H,1,14-17H2,2-5H3/t18-,19+/m1/s1. The molecule has 2 saturated heterocycles. The molecule has 2 aliphatic heterocycles. The van der Waals surface area contributed by atoms with Gasteiger partial charge in [-0.25, -0.2) is 9.37 Å². The molecule has 4 aromatic rings. The first-order chi connectivity index (χ1) is 20.1. The van der Waals surface area contributed by atoms with Gasteiger partial charge < -0.3 is 24.7 Å². The predicted octanol–water partition coefficient (Wildman–Crippen LogP) is 5.31. The van der Waals surface area contributed by atoms with Crippen molar-refractivity contribution < 1.29 is 14.3 Å². The summed E-state index contributed by atoms with van der Waals surface area (Å²) in [7, 11) is 4.07. The van der Waals surface area contributed by atoms with Crippen molar-refractivity contribution in [2.75, 3.05) is 50.1 Å². The number of phenols is 1. The smallest absolute Gasteiger partial charge is 0.246 e. The van der Waals surface area contributed by atoms with Crippen LogP contribution >= 0.6 is 11.6 Å². The number of hydrogen-bond acceptors (Lipinski definition) is 7. The fourth-order valence-electron chi connectivity index (χ4n) is 6.07. The molecule has 1 amide bonds. The first-order valence-electron chi connectivity index (χ1n) is 14.1. The van der Waals surface area contributed by atoms with Crippen molar-refractivity contribution in [3.05, 3.63) is 66.0 Å². The van der Waals surface area contributed by atoms with Crippen molar-refractivity contribution >= 4 is 50.9 Å². The number of rotatable bonds is 5. The number of carbonyl (C=O) groups is 1. The van der Waals surface area contributed by atoms with Gasteiger partial charge in [0.25, 0.3) is 0 Å². The maximum Gasteiger partial charge on any atom is 0.246 e. The fourth-order valence-corrected chi connectivity index (χ4v) is 6.36. The van der Waals surface area contributed by atoms with Crippen LogP contribution in [0.15, 0.2) is 55.1 Å². The van der Waals surface area contributed by atoms with E-state index in [9.17, 15) is 9.90 Å². The lowest BCUT2D eigenvalue weighted by Crippen LogP contribution is -2.59. The average molecular weight is 589 g/mol. The normalized spacial score (nSPS) is 19.5. The van der Waals surface area contributed by atoms with E-state index in [1.165, 1.54) is 6.08 Å². The summed E-state index contributed by atoms with van der Waals surface area (Å²) >= 11 is 6.86. The van der Waals surface area contributed by atoms with Gasteiger partial charge in [-0.05, 0) is 56.9 Å². The molecule has 1 N–H and O–H groups in total. The third-order valence-corrected chi connectivity index (χ3v) is 8.90. The molecule has 42 heavy (non-hydrogen) atoms. The molecular weight excluding hydrogens is 555 g/mol. The van der Waals surface area contributed by atoms with E-state index >= 15 is 4.39 Å². The molecule has 0 bridgehead atoms. The highest BCUT2D eigenvalue weighted by Crippen LogP contribution is 2.45. The first kappa shape index (κ1) is 28.2. The van der Waals surface area contributed by atoms with Gasteiger partial charge in [0.1, 0.15) is 17.1 Å². The number of anilines is 2. The minimum atomic E-state index is -0.611. The summed E-state index contributed by atoms with van der Waals surface area (Å²) in [5.41, 5.74) is 0.570. The molecule has 3 heterocycles. The van der Waals surface area contributed by atoms with Crippen molar-refractivity contribution in [3.63, 3.8) is 0 Å². The Kier molecular flexibility index (Phi) is 7.19. The minimum Gasteiger partial charge on any atom is -0.507 e. The topological polar surface area (TPSA) is 76.0 Å². The number of nitrogens with zero attached hydrogens (tertiary/aromatic N) is 6. The van der Waals surface area contributed by atoms with E-state index in [1.807, 2.05) is 57.1 Å². The predicted molar refractivity (Wildman–Crippen MR) is 167 cm³/mol. The van der Waals surface area contributed by atoms with Crippen LogP contribution in [0.25, 0.3) is 32.8 Å². The van der Waals surface area contributed by atoms with Gasteiger partial charge in [-0.3, -0.25) is 4.79 Å². The number of likely N-dealkylation sites (N-methyl/N-ethyl adjacent to an activating group) is 1. The highest BCUT2D eigenvalue weighted by Gasteiger charge is 2.36. The van der Waals surface area contributed by atoms with E-state index in [2.05, 4.69) is 16.4 Å². The third-order valence-electron chi connectivity index (χ3n) is 8.60. The second-order valence-electron chi connectivity index (χ2n) is 11.5. The average Bonchev–Trinajstić information content (AvgIpc) is 2.93. The van der Waals surface area contributed by atoms with Crippen molar-refractivity contribution in [2.24, 2.45) is 0 Å². The van der Waals surface area contributed by atoms with E-state index in [0.29, 0.717) is 47.2 Å². The van der Waals surface area contributed by atoms with E-state index in [4.69, 9.17) is 21.6 Å². The van der Waals surface area contributed by atoms with Gasteiger partial charge in [0.05, 0.1) is 5.02 Å². The number of aromatic nitrogens is 2. The molecule has 6 rings (SSSR count). The number of halogens is 2. The zero-order valence-corrected chi connectivity index (χ0v) is 24.9. The van der Waals surface area contributed by atoms with Crippen LogP contribution < -0.4 is 9.80 Å². The van der Waals surface area contributed by atoms with Gasteiger partial charge in [0, 0.05) is 60.8 Å². The zero-order chi connectivity index (χ0) is 29.9. The second kappa shape index (κ2) is 10.7. The summed E-state index contributed by atoms with van der Waals surface area (Å²) in [6, 6.07) is 12.7. The molecule has 2 aliphatic rings. The molecule has 0 radical (unpaired) electrons.